The molecule has 0 spiro atoms. The fourth-order valence-electron chi connectivity index (χ4n) is 4.50. The Labute approximate surface area is 296 Å². The number of imidazole rings is 1. The summed E-state index contributed by atoms with van der Waals surface area (Å²) in [6, 6.07) is 0. The standard InChI is InChI=1S/C23H28Cl2N8O6S2.K/c1-30-18(32(10-3-5-12-40(34,35)36)22-20(30)26-14-16(24)28-22)8-7-9-19-31(2)21-23(29-17(25)15-27-21)33(19)11-4-6-13-41(37,38)39;/h7-9,14-15H,3-6,10-13H2,1-2H3,(H-,34,35,36,37,38,39);/q;+1/p-1. The molecule has 0 atom stereocenters. The van der Waals surface area contributed by atoms with Crippen molar-refractivity contribution >= 4 is 72.4 Å². The van der Waals surface area contributed by atoms with Crippen molar-refractivity contribution in [2.45, 2.75) is 32.2 Å². The Kier molecular flexibility index (Phi) is 12.3. The molecule has 0 N–H and O–H groups in total. The molecule has 222 valence electrons. The zero-order valence-electron chi connectivity index (χ0n) is 23.1. The van der Waals surface area contributed by atoms with Crippen molar-refractivity contribution in [3.8, 4) is 0 Å². The summed E-state index contributed by atoms with van der Waals surface area (Å²) in [7, 11) is -5.02. The van der Waals surface area contributed by atoms with Crippen LogP contribution in [0.25, 0.3) is 17.4 Å². The van der Waals surface area contributed by atoms with Gasteiger partial charge in [-0.3, -0.25) is 0 Å². The Balaban J connectivity index is 0.00000484. The van der Waals surface area contributed by atoms with E-state index in [9.17, 15) is 25.9 Å². The van der Waals surface area contributed by atoms with Gasteiger partial charge in [0.2, 0.25) is 5.82 Å². The normalized spacial score (nSPS) is 14.8. The molecule has 0 aromatic carbocycles. The molecular weight excluding hydrogens is 658 g/mol. The summed E-state index contributed by atoms with van der Waals surface area (Å²) in [5.41, 5.74) is 1.06. The van der Waals surface area contributed by atoms with Crippen LogP contribution in [-0.2, 0) is 33.8 Å². The van der Waals surface area contributed by atoms with Gasteiger partial charge in [0.25, 0.3) is 5.65 Å². The largest absolute Gasteiger partial charge is 1.00 e. The smallest absolute Gasteiger partial charge is 0.748 e. The van der Waals surface area contributed by atoms with Gasteiger partial charge in [0.05, 0.1) is 40.0 Å². The molecule has 14 nitrogen and oxygen atoms in total. The minimum atomic E-state index is -4.32. The van der Waals surface area contributed by atoms with E-state index in [2.05, 4.69) is 19.9 Å². The summed E-state index contributed by atoms with van der Waals surface area (Å²) in [6.45, 7) is 0.731. The number of halogens is 2. The van der Waals surface area contributed by atoms with Crippen LogP contribution in [0.3, 0.4) is 0 Å². The third-order valence-electron chi connectivity index (χ3n) is 6.34. The zero-order chi connectivity index (χ0) is 29.9. The molecule has 0 unspecified atom stereocenters. The molecule has 4 rings (SSSR count). The van der Waals surface area contributed by atoms with Crippen molar-refractivity contribution in [1.82, 2.24) is 24.5 Å². The molecule has 4 heterocycles. The Hall–Kier alpha value is -1.25. The molecule has 3 aromatic rings. The van der Waals surface area contributed by atoms with Crippen molar-refractivity contribution < 1.29 is 81.9 Å². The first-order valence-corrected chi connectivity index (χ1v) is 16.4. The molecule has 0 bridgehead atoms. The van der Waals surface area contributed by atoms with Gasteiger partial charge in [0.15, 0.2) is 16.8 Å². The van der Waals surface area contributed by atoms with Crippen LogP contribution in [0, 0.1) is 0 Å². The molecule has 0 radical (unpaired) electrons. The van der Waals surface area contributed by atoms with E-state index in [1.54, 1.807) is 20.2 Å². The number of anilines is 2. The maximum absolute atomic E-state index is 11.0. The average molecular weight is 686 g/mol. The average Bonchev–Trinajstić information content (AvgIpc) is 3.28. The van der Waals surface area contributed by atoms with Crippen LogP contribution >= 0.6 is 23.2 Å². The number of rotatable bonds is 12. The Morgan fingerprint density at radius 1 is 0.905 bits per heavy atom. The summed E-state index contributed by atoms with van der Waals surface area (Å²) >= 11 is 12.2. The van der Waals surface area contributed by atoms with Gasteiger partial charge in [-0.15, -0.1) is 4.98 Å². The minimum absolute atomic E-state index is 0. The molecule has 1 aliphatic heterocycles. The van der Waals surface area contributed by atoms with E-state index >= 15 is 0 Å². The van der Waals surface area contributed by atoms with Gasteiger partial charge in [-0.05, 0) is 31.8 Å². The molecule has 19 heteroatoms. The molecule has 42 heavy (non-hydrogen) atoms. The van der Waals surface area contributed by atoms with Crippen molar-refractivity contribution in [2.24, 2.45) is 7.05 Å². The second kappa shape index (κ2) is 14.7. The number of fused-ring (bicyclic) bond motifs is 2. The van der Waals surface area contributed by atoms with Crippen LogP contribution in [0.2, 0.25) is 10.3 Å². The summed E-state index contributed by atoms with van der Waals surface area (Å²) in [5.74, 6) is 1.51. The van der Waals surface area contributed by atoms with Crippen LogP contribution < -0.4 is 65.8 Å². The summed E-state index contributed by atoms with van der Waals surface area (Å²) in [5, 5.41) is 0.391. The van der Waals surface area contributed by atoms with E-state index in [0.29, 0.717) is 60.5 Å². The topological polar surface area (TPSA) is 181 Å². The Morgan fingerprint density at radius 3 is 2.14 bits per heavy atom. The molecule has 0 saturated carbocycles. The van der Waals surface area contributed by atoms with E-state index in [-0.39, 0.29) is 74.5 Å². The first-order valence-electron chi connectivity index (χ1n) is 12.5. The summed E-state index contributed by atoms with van der Waals surface area (Å²) in [4.78, 5) is 21.2. The Bertz CT molecular complexity index is 1730. The number of allylic oxidation sites excluding steroid dienone is 2. The number of hydrogen-bond acceptors (Lipinski definition) is 12. The summed E-state index contributed by atoms with van der Waals surface area (Å²) in [6.07, 6.45) is 9.48. The van der Waals surface area contributed by atoms with Crippen molar-refractivity contribution in [1.29, 1.82) is 0 Å². The van der Waals surface area contributed by atoms with E-state index in [4.69, 9.17) is 23.2 Å². The van der Waals surface area contributed by atoms with Crippen molar-refractivity contribution in [2.75, 3.05) is 34.9 Å². The predicted octanol–water partition coefficient (Wildman–Crippen LogP) is -1.18. The van der Waals surface area contributed by atoms with E-state index < -0.39 is 31.7 Å². The SMILES string of the molecule is CN1C(=CC=Cc2n(CCCCS(=O)(=O)[O-])c3nc(Cl)cnc3[n+]2C)N(CCCCS(=O)(=O)[O-])c2nc(Cl)cnc21.[K+]. The maximum Gasteiger partial charge on any atom is 1.00 e. The molecule has 1 aliphatic rings. The fourth-order valence-corrected chi connectivity index (χ4v) is 5.87. The fraction of sp³-hybridized carbons (Fsp3) is 0.435. The molecule has 3 aromatic heterocycles. The molecular formula is C23H27Cl2KN8O6S2. The van der Waals surface area contributed by atoms with E-state index in [1.807, 2.05) is 31.1 Å². The molecule has 0 aliphatic carbocycles. The second-order valence-corrected chi connectivity index (χ2v) is 13.1. The van der Waals surface area contributed by atoms with Gasteiger partial charge >= 0.3 is 57.0 Å². The number of aromatic nitrogens is 6. The predicted molar refractivity (Wildman–Crippen MR) is 151 cm³/mol. The summed E-state index contributed by atoms with van der Waals surface area (Å²) < 4.78 is 69.8. The van der Waals surface area contributed by atoms with Crippen LogP contribution in [-0.4, -0.2) is 75.5 Å². The number of hydrogen-bond donors (Lipinski definition) is 0. The van der Waals surface area contributed by atoms with E-state index in [0.717, 1.165) is 0 Å². The van der Waals surface area contributed by atoms with Gasteiger partial charge in [0.1, 0.15) is 17.2 Å². The van der Waals surface area contributed by atoms with Crippen LogP contribution in [0.1, 0.15) is 31.5 Å². The first-order chi connectivity index (χ1) is 19.2. The van der Waals surface area contributed by atoms with Crippen LogP contribution in [0.15, 0.2) is 30.4 Å². The first kappa shape index (κ1) is 35.2. The van der Waals surface area contributed by atoms with Gasteiger partial charge in [-0.25, -0.2) is 35.9 Å². The molecule has 0 saturated heterocycles. The van der Waals surface area contributed by atoms with Gasteiger partial charge in [0, 0.05) is 31.2 Å². The number of unbranched alkanes of at least 4 members (excludes halogenated alkanes) is 2. The van der Waals surface area contributed by atoms with Crippen LogP contribution in [0.5, 0.6) is 0 Å². The monoisotopic (exact) mass is 684 g/mol. The zero-order valence-corrected chi connectivity index (χ0v) is 29.4. The van der Waals surface area contributed by atoms with Gasteiger partial charge < -0.3 is 18.9 Å². The maximum atomic E-state index is 11.0. The van der Waals surface area contributed by atoms with Crippen LogP contribution in [0.4, 0.5) is 11.6 Å². The van der Waals surface area contributed by atoms with Gasteiger partial charge in [-0.1, -0.05) is 29.3 Å². The van der Waals surface area contributed by atoms with Crippen molar-refractivity contribution in [3.63, 3.8) is 0 Å². The second-order valence-electron chi connectivity index (χ2n) is 9.28. The van der Waals surface area contributed by atoms with Crippen molar-refractivity contribution in [3.05, 3.63) is 46.5 Å². The molecule has 0 amide bonds. The van der Waals surface area contributed by atoms with E-state index in [1.165, 1.54) is 12.4 Å². The minimum Gasteiger partial charge on any atom is -0.748 e. The quantitative estimate of drug-likeness (QED) is 0.0965. The third kappa shape index (κ3) is 8.90. The third-order valence-corrected chi connectivity index (χ3v) is 8.28. The number of nitrogens with zero attached hydrogens (tertiary/aromatic N) is 8. The Morgan fingerprint density at radius 2 is 1.50 bits per heavy atom. The number of aryl methyl sites for hydroxylation is 2. The molecule has 0 fully saturated rings. The van der Waals surface area contributed by atoms with Gasteiger partial charge in [-0.2, -0.15) is 4.98 Å².